The first-order valence-corrected chi connectivity index (χ1v) is 8.09. The maximum Gasteiger partial charge on any atom is 0.338 e. The number of nitrogens with one attached hydrogen (secondary N) is 2. The number of benzene rings is 2. The lowest BCUT2D eigenvalue weighted by Crippen LogP contribution is -2.15. The van der Waals surface area contributed by atoms with E-state index >= 15 is 0 Å². The smallest absolute Gasteiger partial charge is 0.338 e. The van der Waals surface area contributed by atoms with Crippen molar-refractivity contribution in [2.45, 2.75) is 20.4 Å². The zero-order valence-corrected chi connectivity index (χ0v) is 14.7. The number of esters is 1. The van der Waals surface area contributed by atoms with E-state index in [0.29, 0.717) is 23.2 Å². The Balaban J connectivity index is 0.00000117. The van der Waals surface area contributed by atoms with Crippen molar-refractivity contribution in [1.29, 1.82) is 0 Å². The number of rotatable bonds is 4. The molecule has 2 aromatic carbocycles. The third-order valence-corrected chi connectivity index (χ3v) is 3.86. The topological polar surface area (TPSA) is 84.5 Å². The Kier molecular flexibility index (Phi) is 6.06. The number of amides is 2. The molecule has 6 nitrogen and oxygen atoms in total. The van der Waals surface area contributed by atoms with E-state index in [1.807, 2.05) is 13.8 Å². The second kappa shape index (κ2) is 8.24. The molecule has 0 aromatic heterocycles. The molecule has 2 aromatic rings. The summed E-state index contributed by atoms with van der Waals surface area (Å²) >= 11 is 0. The highest BCUT2D eigenvalue weighted by atomic mass is 19.1. The Bertz CT molecular complexity index is 865. The highest BCUT2D eigenvalue weighted by Gasteiger charge is 2.29. The third-order valence-electron chi connectivity index (χ3n) is 3.86. The molecule has 7 heteroatoms. The van der Waals surface area contributed by atoms with Gasteiger partial charge < -0.3 is 15.4 Å². The van der Waals surface area contributed by atoms with Crippen molar-refractivity contribution >= 4 is 24.0 Å². The van der Waals surface area contributed by atoms with Gasteiger partial charge in [-0.15, -0.1) is 0 Å². The standard InChI is InChI=1S/C17H13FN2O4.C2H6/c1-24-17(23)12-5-4-10(13-7-19-16(22)15(12)13)11-3-2-9(20-8-21)6-14(11)18;1-2/h2-6,8H,7H2,1H3,(H,19,22)(H,20,21);1-2H3. The van der Waals surface area contributed by atoms with Gasteiger partial charge in [0.1, 0.15) is 5.82 Å². The van der Waals surface area contributed by atoms with Crippen LogP contribution < -0.4 is 10.6 Å². The van der Waals surface area contributed by atoms with Crippen LogP contribution in [0.4, 0.5) is 10.1 Å². The molecule has 0 aliphatic carbocycles. The lowest BCUT2D eigenvalue weighted by molar-refractivity contribution is -0.105. The lowest BCUT2D eigenvalue weighted by Gasteiger charge is -2.12. The van der Waals surface area contributed by atoms with Gasteiger partial charge in [-0.2, -0.15) is 0 Å². The van der Waals surface area contributed by atoms with E-state index in [2.05, 4.69) is 15.4 Å². The fourth-order valence-electron chi connectivity index (χ4n) is 2.77. The van der Waals surface area contributed by atoms with Gasteiger partial charge in [-0.05, 0) is 35.4 Å². The van der Waals surface area contributed by atoms with E-state index in [1.54, 1.807) is 12.1 Å². The summed E-state index contributed by atoms with van der Waals surface area (Å²) in [6.45, 7) is 4.20. The van der Waals surface area contributed by atoms with Crippen molar-refractivity contribution in [3.05, 3.63) is 52.8 Å². The number of carbonyl (C=O) groups is 3. The van der Waals surface area contributed by atoms with E-state index in [-0.39, 0.29) is 23.2 Å². The molecule has 3 rings (SSSR count). The minimum absolute atomic E-state index is 0.144. The molecular weight excluding hydrogens is 339 g/mol. The van der Waals surface area contributed by atoms with Crippen LogP contribution in [0.25, 0.3) is 11.1 Å². The number of ether oxygens (including phenoxy) is 1. The third kappa shape index (κ3) is 3.42. The minimum Gasteiger partial charge on any atom is -0.465 e. The molecule has 2 N–H and O–H groups in total. The molecule has 0 atom stereocenters. The highest BCUT2D eigenvalue weighted by Crippen LogP contribution is 2.34. The molecule has 1 aliphatic rings. The first-order valence-electron chi connectivity index (χ1n) is 8.09. The second-order valence-electron chi connectivity index (χ2n) is 5.15. The van der Waals surface area contributed by atoms with Gasteiger partial charge in [0.05, 0.1) is 18.2 Å². The summed E-state index contributed by atoms with van der Waals surface area (Å²) in [5.74, 6) is -1.57. The van der Waals surface area contributed by atoms with E-state index in [4.69, 9.17) is 0 Å². The van der Waals surface area contributed by atoms with E-state index in [9.17, 15) is 18.8 Å². The van der Waals surface area contributed by atoms with Crippen LogP contribution in [0.5, 0.6) is 0 Å². The Morgan fingerprint density at radius 1 is 1.23 bits per heavy atom. The Morgan fingerprint density at radius 3 is 2.54 bits per heavy atom. The van der Waals surface area contributed by atoms with Crippen molar-refractivity contribution in [2.24, 2.45) is 0 Å². The van der Waals surface area contributed by atoms with Crippen LogP contribution in [0, 0.1) is 5.82 Å². The van der Waals surface area contributed by atoms with Crippen LogP contribution in [-0.4, -0.2) is 25.4 Å². The Hall–Kier alpha value is -3.22. The number of hydrogen-bond donors (Lipinski definition) is 2. The molecule has 1 heterocycles. The lowest BCUT2D eigenvalue weighted by atomic mass is 9.93. The number of anilines is 1. The van der Waals surface area contributed by atoms with Crippen LogP contribution in [0.3, 0.4) is 0 Å². The average Bonchev–Trinajstić information content (AvgIpc) is 3.05. The number of fused-ring (bicyclic) bond motifs is 1. The number of methoxy groups -OCH3 is 1. The van der Waals surface area contributed by atoms with Crippen LogP contribution in [-0.2, 0) is 16.1 Å². The van der Waals surface area contributed by atoms with E-state index in [1.165, 1.54) is 25.3 Å². The maximum atomic E-state index is 14.4. The number of carbonyl (C=O) groups excluding carboxylic acids is 3. The number of halogens is 1. The van der Waals surface area contributed by atoms with E-state index in [0.717, 1.165) is 0 Å². The average molecular weight is 358 g/mol. The van der Waals surface area contributed by atoms with Gasteiger partial charge in [0.25, 0.3) is 5.91 Å². The molecule has 2 amide bonds. The molecule has 26 heavy (non-hydrogen) atoms. The van der Waals surface area contributed by atoms with Crippen LogP contribution in [0.2, 0.25) is 0 Å². The molecule has 0 unspecified atom stereocenters. The predicted octanol–water partition coefficient (Wildman–Crippen LogP) is 3.12. The monoisotopic (exact) mass is 358 g/mol. The summed E-state index contributed by atoms with van der Waals surface area (Å²) in [5.41, 5.74) is 1.99. The largest absolute Gasteiger partial charge is 0.465 e. The fourth-order valence-corrected chi connectivity index (χ4v) is 2.77. The summed E-state index contributed by atoms with van der Waals surface area (Å²) in [6.07, 6.45) is 0.458. The molecule has 0 radical (unpaired) electrons. The van der Waals surface area contributed by atoms with Crippen LogP contribution in [0.1, 0.15) is 40.1 Å². The predicted molar refractivity (Wildman–Crippen MR) is 95.4 cm³/mol. The molecule has 0 saturated carbocycles. The molecule has 0 bridgehead atoms. The Morgan fingerprint density at radius 2 is 1.92 bits per heavy atom. The molecule has 0 fully saturated rings. The van der Waals surface area contributed by atoms with Crippen molar-refractivity contribution in [3.8, 4) is 11.1 Å². The van der Waals surface area contributed by atoms with Crippen molar-refractivity contribution < 1.29 is 23.5 Å². The summed E-state index contributed by atoms with van der Waals surface area (Å²) in [4.78, 5) is 34.3. The summed E-state index contributed by atoms with van der Waals surface area (Å²) in [7, 11) is 1.23. The van der Waals surface area contributed by atoms with Crippen molar-refractivity contribution in [1.82, 2.24) is 5.32 Å². The van der Waals surface area contributed by atoms with Gasteiger partial charge in [0.2, 0.25) is 6.41 Å². The SMILES string of the molecule is CC.COC(=O)c1ccc(-c2ccc(NC=O)cc2F)c2c1C(=O)NC2. The summed E-state index contributed by atoms with van der Waals surface area (Å²) in [6, 6.07) is 7.28. The quantitative estimate of drug-likeness (QED) is 0.650. The zero-order chi connectivity index (χ0) is 19.3. The first-order chi connectivity index (χ1) is 12.6. The molecule has 136 valence electrons. The molecule has 0 spiro atoms. The van der Waals surface area contributed by atoms with Gasteiger partial charge in [-0.25, -0.2) is 9.18 Å². The summed E-state index contributed by atoms with van der Waals surface area (Å²) in [5, 5.41) is 5.01. The van der Waals surface area contributed by atoms with E-state index < -0.39 is 17.7 Å². The van der Waals surface area contributed by atoms with Gasteiger partial charge in [0, 0.05) is 17.8 Å². The van der Waals surface area contributed by atoms with Gasteiger partial charge in [0.15, 0.2) is 0 Å². The normalized spacial score (nSPS) is 11.6. The second-order valence-corrected chi connectivity index (χ2v) is 5.15. The Labute approximate surface area is 150 Å². The molecular formula is C19H19FN2O4. The van der Waals surface area contributed by atoms with Gasteiger partial charge in [-0.3, -0.25) is 9.59 Å². The number of hydrogen-bond acceptors (Lipinski definition) is 4. The van der Waals surface area contributed by atoms with Crippen molar-refractivity contribution in [2.75, 3.05) is 12.4 Å². The van der Waals surface area contributed by atoms with Crippen LogP contribution in [0.15, 0.2) is 30.3 Å². The minimum atomic E-state index is -0.624. The molecule has 0 saturated heterocycles. The highest BCUT2D eigenvalue weighted by molar-refractivity contribution is 6.09. The van der Waals surface area contributed by atoms with Gasteiger partial charge >= 0.3 is 5.97 Å². The summed E-state index contributed by atoms with van der Waals surface area (Å²) < 4.78 is 19.1. The van der Waals surface area contributed by atoms with Crippen molar-refractivity contribution in [3.63, 3.8) is 0 Å². The first kappa shape index (κ1) is 19.1. The fraction of sp³-hybridized carbons (Fsp3) is 0.211. The molecule has 1 aliphatic heterocycles. The zero-order valence-electron chi connectivity index (χ0n) is 14.7. The van der Waals surface area contributed by atoms with Gasteiger partial charge in [-0.1, -0.05) is 19.9 Å². The van der Waals surface area contributed by atoms with Crippen LogP contribution >= 0.6 is 0 Å². The maximum absolute atomic E-state index is 14.4.